The lowest BCUT2D eigenvalue weighted by Gasteiger charge is -2.25. The van der Waals surface area contributed by atoms with Crippen molar-refractivity contribution in [2.45, 2.75) is 12.5 Å². The van der Waals surface area contributed by atoms with E-state index < -0.39 is 24.4 Å². The van der Waals surface area contributed by atoms with Crippen LogP contribution in [0.3, 0.4) is 0 Å². The van der Waals surface area contributed by atoms with Crippen LogP contribution in [-0.4, -0.2) is 34.4 Å². The molecule has 3 rings (SSSR count). The Kier molecular flexibility index (Phi) is 6.65. The van der Waals surface area contributed by atoms with E-state index in [2.05, 4.69) is 4.98 Å². The first-order valence-electron chi connectivity index (χ1n) is 8.03. The van der Waals surface area contributed by atoms with E-state index in [1.165, 1.54) is 36.5 Å². The van der Waals surface area contributed by atoms with Crippen molar-refractivity contribution in [2.75, 3.05) is 4.90 Å². The number of carbonyl (C=O) groups excluding carboxylic acids is 1. The summed E-state index contributed by atoms with van der Waals surface area (Å²) < 4.78 is 72.0. The van der Waals surface area contributed by atoms with Gasteiger partial charge in [0.25, 0.3) is 5.91 Å². The molecular weight excluding hydrogens is 418 g/mol. The van der Waals surface area contributed by atoms with Crippen molar-refractivity contribution in [2.24, 2.45) is 0 Å². The molecule has 0 fully saturated rings. The third kappa shape index (κ3) is 5.46. The number of amides is 1. The van der Waals surface area contributed by atoms with E-state index in [0.717, 1.165) is 0 Å². The third-order valence-electron chi connectivity index (χ3n) is 3.59. The molecule has 158 valence electrons. The molecule has 3 aromatic rings. The Morgan fingerprint density at radius 1 is 0.833 bits per heavy atom. The standard InChI is InChI=1S/C17H11F3N2O.C2HF3O2/c18-17(19,20)22(12-6-2-1-3-7-12)16(23)14-10-11-21-15-9-5-4-8-13(14)15;3-2(4,5)1(6)7/h1-11H;(H,6,7). The van der Waals surface area contributed by atoms with E-state index in [1.807, 2.05) is 0 Å². The number of hydrogen-bond donors (Lipinski definition) is 1. The lowest BCUT2D eigenvalue weighted by atomic mass is 10.1. The molecule has 0 aliphatic rings. The number of benzene rings is 2. The van der Waals surface area contributed by atoms with Gasteiger partial charge in [0, 0.05) is 11.6 Å². The van der Waals surface area contributed by atoms with Crippen LogP contribution in [0.25, 0.3) is 10.9 Å². The molecule has 1 N–H and O–H groups in total. The topological polar surface area (TPSA) is 70.5 Å². The Morgan fingerprint density at radius 2 is 1.37 bits per heavy atom. The van der Waals surface area contributed by atoms with Crippen molar-refractivity contribution in [1.29, 1.82) is 0 Å². The largest absolute Gasteiger partial charge is 0.491 e. The first kappa shape index (κ1) is 22.7. The fourth-order valence-electron chi connectivity index (χ4n) is 2.36. The number of nitrogens with zero attached hydrogens (tertiary/aromatic N) is 2. The van der Waals surface area contributed by atoms with Crippen LogP contribution in [0, 0.1) is 0 Å². The number of aromatic nitrogens is 1. The smallest absolute Gasteiger partial charge is 0.475 e. The van der Waals surface area contributed by atoms with Gasteiger partial charge in [-0.1, -0.05) is 36.4 Å². The molecule has 0 spiro atoms. The quantitative estimate of drug-likeness (QED) is 0.457. The number of aliphatic carboxylic acids is 1. The minimum atomic E-state index is -5.08. The van der Waals surface area contributed by atoms with Gasteiger partial charge in [0.05, 0.1) is 16.8 Å². The van der Waals surface area contributed by atoms with Gasteiger partial charge < -0.3 is 5.11 Å². The maximum Gasteiger partial charge on any atom is 0.491 e. The summed E-state index contributed by atoms with van der Waals surface area (Å²) in [6.45, 7) is 0. The number of fused-ring (bicyclic) bond motifs is 1. The number of halogens is 6. The number of carboxylic acid groups (broad SMARTS) is 1. The van der Waals surface area contributed by atoms with Crippen LogP contribution < -0.4 is 4.90 Å². The summed E-state index contributed by atoms with van der Waals surface area (Å²) >= 11 is 0. The van der Waals surface area contributed by atoms with Gasteiger partial charge in [-0.15, -0.1) is 13.2 Å². The second-order valence-electron chi connectivity index (χ2n) is 5.62. The third-order valence-corrected chi connectivity index (χ3v) is 3.59. The monoisotopic (exact) mass is 430 g/mol. The van der Waals surface area contributed by atoms with Crippen LogP contribution >= 0.6 is 0 Å². The summed E-state index contributed by atoms with van der Waals surface area (Å²) in [4.78, 5) is 25.4. The van der Waals surface area contributed by atoms with Gasteiger partial charge in [-0.25, -0.2) is 9.69 Å². The highest BCUT2D eigenvalue weighted by Gasteiger charge is 2.43. The lowest BCUT2D eigenvalue weighted by Crippen LogP contribution is -2.43. The van der Waals surface area contributed by atoms with Crippen LogP contribution in [0.4, 0.5) is 32.0 Å². The van der Waals surface area contributed by atoms with Crippen molar-refractivity contribution in [3.63, 3.8) is 0 Å². The molecule has 0 unspecified atom stereocenters. The Balaban J connectivity index is 0.000000396. The molecular formula is C19H12F6N2O3. The van der Waals surface area contributed by atoms with E-state index in [1.54, 1.807) is 30.3 Å². The lowest BCUT2D eigenvalue weighted by molar-refractivity contribution is -0.192. The molecule has 0 radical (unpaired) electrons. The first-order chi connectivity index (χ1) is 13.9. The fourth-order valence-corrected chi connectivity index (χ4v) is 2.36. The van der Waals surface area contributed by atoms with Gasteiger partial charge in [0.15, 0.2) is 0 Å². The van der Waals surface area contributed by atoms with Crippen LogP contribution in [-0.2, 0) is 4.79 Å². The summed E-state index contributed by atoms with van der Waals surface area (Å²) in [5, 5.41) is 7.50. The fraction of sp³-hybridized carbons (Fsp3) is 0.105. The number of rotatable bonds is 2. The predicted octanol–water partition coefficient (Wildman–Crippen LogP) is 5.03. The molecule has 2 aromatic carbocycles. The van der Waals surface area contributed by atoms with Crippen molar-refractivity contribution < 1.29 is 41.0 Å². The molecule has 1 amide bonds. The second kappa shape index (κ2) is 8.80. The average Bonchev–Trinajstić information content (AvgIpc) is 2.67. The summed E-state index contributed by atoms with van der Waals surface area (Å²) in [5.74, 6) is -3.89. The molecule has 1 aromatic heterocycles. The maximum atomic E-state index is 13.4. The number of pyridine rings is 1. The highest BCUT2D eigenvalue weighted by atomic mass is 19.4. The van der Waals surface area contributed by atoms with E-state index in [-0.39, 0.29) is 16.2 Å². The number of carboxylic acids is 1. The number of para-hydroxylation sites is 2. The zero-order chi connectivity index (χ0) is 22.5. The normalized spacial score (nSPS) is 11.4. The van der Waals surface area contributed by atoms with Gasteiger partial charge in [-0.3, -0.25) is 9.78 Å². The van der Waals surface area contributed by atoms with Crippen LogP contribution in [0.5, 0.6) is 0 Å². The van der Waals surface area contributed by atoms with Crippen molar-refractivity contribution in [1.82, 2.24) is 4.98 Å². The molecule has 0 atom stereocenters. The zero-order valence-corrected chi connectivity index (χ0v) is 14.8. The Hall–Kier alpha value is -3.63. The molecule has 0 bridgehead atoms. The Bertz CT molecular complexity index is 1030. The molecule has 0 saturated carbocycles. The van der Waals surface area contributed by atoms with E-state index in [9.17, 15) is 31.1 Å². The maximum absolute atomic E-state index is 13.4. The summed E-state index contributed by atoms with van der Waals surface area (Å²) in [6, 6.07) is 14.9. The van der Waals surface area contributed by atoms with Crippen LogP contribution in [0.2, 0.25) is 0 Å². The highest BCUT2D eigenvalue weighted by Crippen LogP contribution is 2.31. The van der Waals surface area contributed by atoms with Crippen molar-refractivity contribution in [3.8, 4) is 0 Å². The molecule has 1 heterocycles. The summed E-state index contributed by atoms with van der Waals surface area (Å²) in [5.41, 5.74) is 0.191. The molecule has 0 saturated heterocycles. The Morgan fingerprint density at radius 3 is 1.90 bits per heavy atom. The van der Waals surface area contributed by atoms with Gasteiger partial charge in [-0.05, 0) is 24.3 Å². The van der Waals surface area contributed by atoms with Crippen molar-refractivity contribution in [3.05, 3.63) is 72.4 Å². The number of hydrogen-bond acceptors (Lipinski definition) is 3. The number of carbonyl (C=O) groups is 2. The SMILES string of the molecule is O=C(O)C(F)(F)F.O=C(c1ccnc2ccccc12)N(c1ccccc1)C(F)(F)F. The molecule has 0 aliphatic heterocycles. The average molecular weight is 430 g/mol. The first-order valence-corrected chi connectivity index (χ1v) is 8.03. The zero-order valence-electron chi connectivity index (χ0n) is 14.8. The van der Waals surface area contributed by atoms with Gasteiger partial charge in [0.1, 0.15) is 0 Å². The number of anilines is 1. The molecule has 0 aliphatic carbocycles. The Labute approximate surface area is 165 Å². The van der Waals surface area contributed by atoms with E-state index in [4.69, 9.17) is 9.90 Å². The summed E-state index contributed by atoms with van der Waals surface area (Å²) in [7, 11) is 0. The van der Waals surface area contributed by atoms with Crippen LogP contribution in [0.15, 0.2) is 66.9 Å². The van der Waals surface area contributed by atoms with Gasteiger partial charge >= 0.3 is 18.4 Å². The number of alkyl halides is 6. The second-order valence-corrected chi connectivity index (χ2v) is 5.62. The summed E-state index contributed by atoms with van der Waals surface area (Å²) in [6.07, 6.45) is -8.59. The van der Waals surface area contributed by atoms with E-state index in [0.29, 0.717) is 10.9 Å². The predicted molar refractivity (Wildman–Crippen MR) is 94.7 cm³/mol. The molecule has 5 nitrogen and oxygen atoms in total. The van der Waals surface area contributed by atoms with Crippen molar-refractivity contribution >= 4 is 28.5 Å². The minimum Gasteiger partial charge on any atom is -0.475 e. The van der Waals surface area contributed by atoms with Gasteiger partial charge in [0.2, 0.25) is 0 Å². The van der Waals surface area contributed by atoms with E-state index >= 15 is 0 Å². The van der Waals surface area contributed by atoms with Crippen LogP contribution in [0.1, 0.15) is 10.4 Å². The molecule has 30 heavy (non-hydrogen) atoms. The van der Waals surface area contributed by atoms with Gasteiger partial charge in [-0.2, -0.15) is 13.2 Å². The minimum absolute atomic E-state index is 0.0446. The highest BCUT2D eigenvalue weighted by molar-refractivity contribution is 6.13. The molecule has 11 heteroatoms.